The van der Waals surface area contributed by atoms with Crippen molar-refractivity contribution in [2.45, 2.75) is 52.7 Å². The van der Waals surface area contributed by atoms with Crippen molar-refractivity contribution in [3.05, 3.63) is 28.8 Å². The summed E-state index contributed by atoms with van der Waals surface area (Å²) in [5.41, 5.74) is 2.06. The number of aliphatic carboxylic acids is 1. The Morgan fingerprint density at radius 1 is 1.32 bits per heavy atom. The summed E-state index contributed by atoms with van der Waals surface area (Å²) in [5, 5.41) is 11.8. The Morgan fingerprint density at radius 2 is 1.96 bits per heavy atom. The van der Waals surface area contributed by atoms with E-state index in [1.165, 1.54) is 0 Å². The van der Waals surface area contributed by atoms with Gasteiger partial charge in [0.15, 0.2) is 6.61 Å². The third-order valence-corrected chi connectivity index (χ3v) is 4.46. The molecule has 2 rings (SSSR count). The standard InChI is InChI=1S/C19H27NO5/c1-11(2)16-9-15(5-6-24-16)20-19(23)14-7-12(3)18(13(4)8-14)25-10-17(21)22/h7-8,11,15-16H,5-6,9-10H2,1-4H3,(H,20,23)(H,21,22). The molecule has 0 radical (unpaired) electrons. The van der Waals surface area contributed by atoms with Gasteiger partial charge >= 0.3 is 5.97 Å². The van der Waals surface area contributed by atoms with Crippen molar-refractivity contribution >= 4 is 11.9 Å². The zero-order valence-corrected chi connectivity index (χ0v) is 15.3. The van der Waals surface area contributed by atoms with Gasteiger partial charge in [0.1, 0.15) is 5.75 Å². The van der Waals surface area contributed by atoms with Crippen molar-refractivity contribution in [3.8, 4) is 5.75 Å². The third kappa shape index (κ3) is 5.19. The monoisotopic (exact) mass is 349 g/mol. The molecule has 25 heavy (non-hydrogen) atoms. The zero-order valence-electron chi connectivity index (χ0n) is 15.3. The van der Waals surface area contributed by atoms with Gasteiger partial charge in [-0.15, -0.1) is 0 Å². The Kier molecular flexibility index (Phi) is 6.42. The number of aryl methyl sites for hydroxylation is 2. The van der Waals surface area contributed by atoms with Crippen molar-refractivity contribution in [3.63, 3.8) is 0 Å². The van der Waals surface area contributed by atoms with Gasteiger partial charge in [-0.2, -0.15) is 0 Å². The molecular weight excluding hydrogens is 322 g/mol. The number of carbonyl (C=O) groups is 2. The van der Waals surface area contributed by atoms with Crippen molar-refractivity contribution < 1.29 is 24.2 Å². The minimum Gasteiger partial charge on any atom is -0.481 e. The minimum absolute atomic E-state index is 0.109. The number of carboxylic acids is 1. The molecule has 2 atom stereocenters. The number of carbonyl (C=O) groups excluding carboxylic acids is 1. The fraction of sp³-hybridized carbons (Fsp3) is 0.579. The van der Waals surface area contributed by atoms with E-state index >= 15 is 0 Å². The average molecular weight is 349 g/mol. The maximum absolute atomic E-state index is 12.6. The van der Waals surface area contributed by atoms with Crippen LogP contribution in [0.2, 0.25) is 0 Å². The van der Waals surface area contributed by atoms with Gasteiger partial charge in [0.25, 0.3) is 5.91 Å². The van der Waals surface area contributed by atoms with Crippen molar-refractivity contribution in [1.82, 2.24) is 5.32 Å². The minimum atomic E-state index is -1.03. The maximum atomic E-state index is 12.6. The van der Waals surface area contributed by atoms with E-state index in [4.69, 9.17) is 14.6 Å². The molecule has 6 heteroatoms. The number of carboxylic acid groups (broad SMARTS) is 1. The van der Waals surface area contributed by atoms with Gasteiger partial charge in [-0.3, -0.25) is 4.79 Å². The first kappa shape index (κ1) is 19.2. The van der Waals surface area contributed by atoms with E-state index in [0.29, 0.717) is 23.8 Å². The van der Waals surface area contributed by atoms with Gasteiger partial charge in [0.2, 0.25) is 0 Å². The van der Waals surface area contributed by atoms with Crippen molar-refractivity contribution in [2.75, 3.05) is 13.2 Å². The largest absolute Gasteiger partial charge is 0.481 e. The molecule has 1 saturated heterocycles. The van der Waals surface area contributed by atoms with E-state index in [1.807, 2.05) is 13.8 Å². The van der Waals surface area contributed by atoms with Crippen LogP contribution in [0.4, 0.5) is 0 Å². The van der Waals surface area contributed by atoms with E-state index in [9.17, 15) is 9.59 Å². The molecule has 1 heterocycles. The first-order valence-electron chi connectivity index (χ1n) is 8.66. The number of benzene rings is 1. The molecular formula is C19H27NO5. The normalized spacial score (nSPS) is 20.4. The fourth-order valence-electron chi connectivity index (χ4n) is 3.14. The highest BCUT2D eigenvalue weighted by Gasteiger charge is 2.26. The lowest BCUT2D eigenvalue weighted by Crippen LogP contribution is -2.43. The highest BCUT2D eigenvalue weighted by atomic mass is 16.5. The highest BCUT2D eigenvalue weighted by molar-refractivity contribution is 5.95. The van der Waals surface area contributed by atoms with Gasteiger partial charge in [-0.05, 0) is 55.9 Å². The molecule has 1 aliphatic heterocycles. The van der Waals surface area contributed by atoms with Crippen LogP contribution in [-0.2, 0) is 9.53 Å². The number of ether oxygens (including phenoxy) is 2. The molecule has 6 nitrogen and oxygen atoms in total. The van der Waals surface area contributed by atoms with Crippen LogP contribution in [0.15, 0.2) is 12.1 Å². The molecule has 2 N–H and O–H groups in total. The smallest absolute Gasteiger partial charge is 0.341 e. The lowest BCUT2D eigenvalue weighted by Gasteiger charge is -2.32. The Balaban J connectivity index is 2.05. The Hall–Kier alpha value is -2.08. The first-order chi connectivity index (χ1) is 11.8. The van der Waals surface area contributed by atoms with Gasteiger partial charge < -0.3 is 19.9 Å². The number of hydrogen-bond acceptors (Lipinski definition) is 4. The molecule has 1 aromatic rings. The van der Waals surface area contributed by atoms with Gasteiger partial charge in [0, 0.05) is 18.2 Å². The Bertz CT molecular complexity index is 618. The Labute approximate surface area is 148 Å². The van der Waals surface area contributed by atoms with Crippen LogP contribution in [-0.4, -0.2) is 42.3 Å². The molecule has 0 bridgehead atoms. The summed E-state index contributed by atoms with van der Waals surface area (Å²) < 4.78 is 11.0. The van der Waals surface area contributed by atoms with Crippen molar-refractivity contribution in [1.29, 1.82) is 0 Å². The molecule has 138 valence electrons. The van der Waals surface area contributed by atoms with E-state index in [0.717, 1.165) is 24.0 Å². The lowest BCUT2D eigenvalue weighted by molar-refractivity contribution is -0.139. The van der Waals surface area contributed by atoms with Gasteiger partial charge in [-0.25, -0.2) is 4.79 Å². The van der Waals surface area contributed by atoms with E-state index < -0.39 is 12.6 Å². The SMILES string of the molecule is Cc1cc(C(=O)NC2CCOC(C(C)C)C2)cc(C)c1OCC(=O)O. The van der Waals surface area contributed by atoms with E-state index in [1.54, 1.807) is 12.1 Å². The van der Waals surface area contributed by atoms with E-state index in [-0.39, 0.29) is 18.1 Å². The summed E-state index contributed by atoms with van der Waals surface area (Å²) in [6.07, 6.45) is 1.81. The number of hydrogen-bond donors (Lipinski definition) is 2. The predicted molar refractivity (Wildman–Crippen MR) is 94.1 cm³/mol. The summed E-state index contributed by atoms with van der Waals surface area (Å²) in [6.45, 7) is 8.13. The van der Waals surface area contributed by atoms with Crippen LogP contribution in [0.5, 0.6) is 5.75 Å². The first-order valence-corrected chi connectivity index (χ1v) is 8.66. The second kappa shape index (κ2) is 8.34. The molecule has 0 aromatic heterocycles. The fourth-order valence-corrected chi connectivity index (χ4v) is 3.14. The molecule has 1 aliphatic rings. The summed E-state index contributed by atoms with van der Waals surface area (Å²) in [6, 6.07) is 3.58. The summed E-state index contributed by atoms with van der Waals surface area (Å²) in [7, 11) is 0. The molecule has 1 amide bonds. The van der Waals surface area contributed by atoms with Crippen LogP contribution in [0.3, 0.4) is 0 Å². The van der Waals surface area contributed by atoms with E-state index in [2.05, 4.69) is 19.2 Å². The molecule has 0 saturated carbocycles. The average Bonchev–Trinajstić information content (AvgIpc) is 2.53. The lowest BCUT2D eigenvalue weighted by atomic mass is 9.95. The van der Waals surface area contributed by atoms with Crippen LogP contribution in [0.1, 0.15) is 48.2 Å². The summed E-state index contributed by atoms with van der Waals surface area (Å²) in [5.74, 6) is -0.204. The molecule has 1 aromatic carbocycles. The predicted octanol–water partition coefficient (Wildman–Crippen LogP) is 2.70. The van der Waals surface area contributed by atoms with Gasteiger partial charge in [-0.1, -0.05) is 13.8 Å². The van der Waals surface area contributed by atoms with Crippen LogP contribution >= 0.6 is 0 Å². The summed E-state index contributed by atoms with van der Waals surface area (Å²) >= 11 is 0. The second-order valence-corrected chi connectivity index (χ2v) is 6.97. The second-order valence-electron chi connectivity index (χ2n) is 6.97. The van der Waals surface area contributed by atoms with Gasteiger partial charge in [0.05, 0.1) is 6.10 Å². The molecule has 1 fully saturated rings. The highest BCUT2D eigenvalue weighted by Crippen LogP contribution is 2.25. The third-order valence-electron chi connectivity index (χ3n) is 4.46. The topological polar surface area (TPSA) is 84.9 Å². The quantitative estimate of drug-likeness (QED) is 0.825. The number of amides is 1. The van der Waals surface area contributed by atoms with Crippen LogP contribution in [0, 0.1) is 19.8 Å². The molecule has 0 aliphatic carbocycles. The summed E-state index contributed by atoms with van der Waals surface area (Å²) in [4.78, 5) is 23.3. The van der Waals surface area contributed by atoms with Crippen molar-refractivity contribution in [2.24, 2.45) is 5.92 Å². The molecule has 0 spiro atoms. The van der Waals surface area contributed by atoms with Crippen LogP contribution in [0.25, 0.3) is 0 Å². The number of nitrogens with one attached hydrogen (secondary N) is 1. The number of rotatable bonds is 6. The van der Waals surface area contributed by atoms with Crippen LogP contribution < -0.4 is 10.1 Å². The molecule has 2 unspecified atom stereocenters. The zero-order chi connectivity index (χ0) is 18.6. The maximum Gasteiger partial charge on any atom is 0.341 e. The Morgan fingerprint density at radius 3 is 2.52 bits per heavy atom.